The minimum atomic E-state index is -0.499. The molecule has 4 rings (SSSR count). The Morgan fingerprint density at radius 2 is 1.42 bits per heavy atom. The molecule has 1 aliphatic rings. The minimum absolute atomic E-state index is 0.0299. The van der Waals surface area contributed by atoms with Crippen molar-refractivity contribution >= 4 is 39.8 Å². The van der Waals surface area contributed by atoms with Crippen molar-refractivity contribution in [3.63, 3.8) is 0 Å². The van der Waals surface area contributed by atoms with Gasteiger partial charge in [-0.25, -0.2) is 0 Å². The van der Waals surface area contributed by atoms with E-state index in [1.165, 1.54) is 12.3 Å². The number of ketones is 2. The van der Waals surface area contributed by atoms with Crippen molar-refractivity contribution in [2.45, 2.75) is 0 Å². The summed E-state index contributed by atoms with van der Waals surface area (Å²) in [6.45, 7) is 0. The minimum Gasteiger partial charge on any atom is -0.288 e. The second-order valence-corrected chi connectivity index (χ2v) is 6.85. The van der Waals surface area contributed by atoms with Crippen LogP contribution in [0.1, 0.15) is 32.0 Å². The molecule has 0 spiro atoms. The monoisotopic (exact) mass is 456 g/mol. The number of hydrogen-bond acceptors (Lipinski definition) is 5. The van der Waals surface area contributed by atoms with Crippen molar-refractivity contribution in [2.75, 3.05) is 0 Å². The third kappa shape index (κ3) is 2.35. The molecule has 6 nitrogen and oxygen atoms in total. The predicted octanol–water partition coefficient (Wildman–Crippen LogP) is 4.04. The van der Waals surface area contributed by atoms with Gasteiger partial charge in [0.1, 0.15) is 5.69 Å². The Balaban J connectivity index is 2.08. The van der Waals surface area contributed by atoms with Crippen LogP contribution < -0.4 is 0 Å². The summed E-state index contributed by atoms with van der Waals surface area (Å²) in [6, 6.07) is 12.7. The molecule has 1 aliphatic carbocycles. The molecule has 0 N–H and O–H groups in total. The summed E-state index contributed by atoms with van der Waals surface area (Å²) < 4.78 is 0.566. The summed E-state index contributed by atoms with van der Waals surface area (Å²) in [5.41, 5.74) is 1.27. The summed E-state index contributed by atoms with van der Waals surface area (Å²) in [5.74, 6) is -0.708. The molecule has 1 heterocycles. The van der Waals surface area contributed by atoms with Gasteiger partial charge in [0, 0.05) is 32.5 Å². The highest BCUT2D eigenvalue weighted by molar-refractivity contribution is 14.1. The van der Waals surface area contributed by atoms with Crippen LogP contribution in [-0.2, 0) is 0 Å². The zero-order valence-corrected chi connectivity index (χ0v) is 15.3. The van der Waals surface area contributed by atoms with E-state index in [-0.39, 0.29) is 34.1 Å². The Morgan fingerprint density at radius 3 is 2.08 bits per heavy atom. The Bertz CT molecular complexity index is 1120. The first kappa shape index (κ1) is 16.5. The van der Waals surface area contributed by atoms with Gasteiger partial charge < -0.3 is 0 Å². The van der Waals surface area contributed by atoms with Gasteiger partial charge >= 0.3 is 0 Å². The number of nitrogens with zero attached hydrogens (tertiary/aromatic N) is 2. The van der Waals surface area contributed by atoms with E-state index in [0.717, 1.165) is 0 Å². The Kier molecular flexibility index (Phi) is 3.87. The van der Waals surface area contributed by atoms with E-state index >= 15 is 0 Å². The Hall–Kier alpha value is -2.94. The molecule has 0 saturated carbocycles. The second kappa shape index (κ2) is 6.10. The van der Waals surface area contributed by atoms with Gasteiger partial charge in [0.15, 0.2) is 5.78 Å². The van der Waals surface area contributed by atoms with Crippen molar-refractivity contribution in [1.82, 2.24) is 4.98 Å². The molecule has 2 aromatic carbocycles. The number of carbonyl (C=O) groups is 2. The van der Waals surface area contributed by atoms with E-state index in [9.17, 15) is 19.7 Å². The van der Waals surface area contributed by atoms with Crippen LogP contribution in [0.3, 0.4) is 0 Å². The number of benzene rings is 2. The second-order valence-electron chi connectivity index (χ2n) is 5.68. The van der Waals surface area contributed by atoms with Gasteiger partial charge in [-0.05, 0) is 28.7 Å². The first-order valence-corrected chi connectivity index (χ1v) is 8.69. The Labute approximate surface area is 161 Å². The standard InChI is InChI=1S/C19H9IN2O4/c20-13-9-21-17-16(15(13)12-7-3-4-8-14(12)22(25)26)18(23)10-5-1-2-6-11(10)19(17)24/h1-9H. The number of fused-ring (bicyclic) bond motifs is 2. The quantitative estimate of drug-likeness (QED) is 0.258. The van der Waals surface area contributed by atoms with Crippen molar-refractivity contribution < 1.29 is 14.5 Å². The van der Waals surface area contributed by atoms with Crippen LogP contribution in [0, 0.1) is 13.7 Å². The van der Waals surface area contributed by atoms with Gasteiger partial charge in [0.2, 0.25) is 5.78 Å². The topological polar surface area (TPSA) is 90.2 Å². The van der Waals surface area contributed by atoms with Gasteiger partial charge in [-0.1, -0.05) is 36.4 Å². The van der Waals surface area contributed by atoms with E-state index in [1.807, 2.05) is 22.6 Å². The summed E-state index contributed by atoms with van der Waals surface area (Å²) in [5, 5.41) is 11.5. The molecule has 0 saturated heterocycles. The largest absolute Gasteiger partial charge is 0.288 e. The van der Waals surface area contributed by atoms with Gasteiger partial charge in [-0.15, -0.1) is 0 Å². The number of nitro groups is 1. The number of para-hydroxylation sites is 1. The molecule has 7 heteroatoms. The lowest BCUT2D eigenvalue weighted by Gasteiger charge is -2.20. The van der Waals surface area contributed by atoms with Gasteiger partial charge in [-0.3, -0.25) is 24.7 Å². The summed E-state index contributed by atoms with van der Waals surface area (Å²) in [7, 11) is 0. The van der Waals surface area contributed by atoms with Gasteiger partial charge in [0.05, 0.1) is 16.1 Å². The van der Waals surface area contributed by atoms with E-state index in [4.69, 9.17) is 0 Å². The summed E-state index contributed by atoms with van der Waals surface area (Å²) in [4.78, 5) is 41.0. The zero-order chi connectivity index (χ0) is 18.4. The number of hydrogen-bond donors (Lipinski definition) is 0. The number of pyridine rings is 1. The maximum absolute atomic E-state index is 13.1. The van der Waals surface area contributed by atoms with E-state index < -0.39 is 4.92 Å². The number of halogens is 1. The molecular weight excluding hydrogens is 447 g/mol. The average Bonchev–Trinajstić information content (AvgIpc) is 2.66. The lowest BCUT2D eigenvalue weighted by molar-refractivity contribution is -0.384. The van der Waals surface area contributed by atoms with Crippen LogP contribution in [0.15, 0.2) is 54.7 Å². The molecule has 0 fully saturated rings. The maximum atomic E-state index is 13.1. The molecule has 0 unspecified atom stereocenters. The molecule has 0 atom stereocenters. The lowest BCUT2D eigenvalue weighted by Crippen LogP contribution is -2.23. The highest BCUT2D eigenvalue weighted by Crippen LogP contribution is 2.39. The SMILES string of the molecule is O=C1c2ccccc2C(=O)c2c1ncc(I)c2-c1ccccc1[N+](=O)[O-]. The Morgan fingerprint density at radius 1 is 0.846 bits per heavy atom. The number of carbonyl (C=O) groups excluding carboxylic acids is 2. The maximum Gasteiger partial charge on any atom is 0.277 e. The molecular formula is C19H9IN2O4. The van der Waals surface area contributed by atoms with Crippen LogP contribution in [-0.4, -0.2) is 21.5 Å². The number of nitro benzene ring substituents is 1. The predicted molar refractivity (Wildman–Crippen MR) is 102 cm³/mol. The fraction of sp³-hybridized carbons (Fsp3) is 0. The van der Waals surface area contributed by atoms with Crippen LogP contribution in [0.4, 0.5) is 5.69 Å². The molecule has 26 heavy (non-hydrogen) atoms. The molecule has 126 valence electrons. The van der Waals surface area contributed by atoms with Crippen molar-refractivity contribution in [3.05, 3.63) is 90.8 Å². The lowest BCUT2D eigenvalue weighted by atomic mass is 9.83. The van der Waals surface area contributed by atoms with E-state index in [2.05, 4.69) is 4.98 Å². The van der Waals surface area contributed by atoms with Crippen LogP contribution in [0.25, 0.3) is 11.1 Å². The highest BCUT2D eigenvalue weighted by Gasteiger charge is 2.35. The number of rotatable bonds is 2. The average molecular weight is 456 g/mol. The fourth-order valence-corrected chi connectivity index (χ4v) is 3.83. The first-order chi connectivity index (χ1) is 12.5. The number of aromatic nitrogens is 1. The van der Waals surface area contributed by atoms with Crippen molar-refractivity contribution in [1.29, 1.82) is 0 Å². The molecule has 0 bridgehead atoms. The third-order valence-corrected chi connectivity index (χ3v) is 5.08. The fourth-order valence-electron chi connectivity index (χ4n) is 3.13. The molecule has 0 radical (unpaired) electrons. The van der Waals surface area contributed by atoms with Gasteiger partial charge in [0.25, 0.3) is 5.69 Å². The summed E-state index contributed by atoms with van der Waals surface area (Å²) >= 11 is 1.98. The molecule has 3 aromatic rings. The third-order valence-electron chi connectivity index (χ3n) is 4.26. The van der Waals surface area contributed by atoms with Crippen molar-refractivity contribution in [3.8, 4) is 11.1 Å². The zero-order valence-electron chi connectivity index (χ0n) is 13.1. The summed E-state index contributed by atoms with van der Waals surface area (Å²) in [6.07, 6.45) is 1.46. The normalized spacial score (nSPS) is 12.5. The van der Waals surface area contributed by atoms with E-state index in [1.54, 1.807) is 42.5 Å². The van der Waals surface area contributed by atoms with Crippen LogP contribution >= 0.6 is 22.6 Å². The molecule has 0 amide bonds. The van der Waals surface area contributed by atoms with Crippen LogP contribution in [0.5, 0.6) is 0 Å². The van der Waals surface area contributed by atoms with Gasteiger partial charge in [-0.2, -0.15) is 0 Å². The first-order valence-electron chi connectivity index (χ1n) is 7.61. The van der Waals surface area contributed by atoms with Crippen molar-refractivity contribution in [2.24, 2.45) is 0 Å². The smallest absolute Gasteiger partial charge is 0.277 e. The highest BCUT2D eigenvalue weighted by atomic mass is 127. The molecule has 1 aromatic heterocycles. The molecule has 0 aliphatic heterocycles. The van der Waals surface area contributed by atoms with E-state index in [0.29, 0.717) is 20.3 Å². The van der Waals surface area contributed by atoms with Crippen LogP contribution in [0.2, 0.25) is 0 Å².